The number of aryl methyl sites for hydroxylation is 2. The van der Waals surface area contributed by atoms with E-state index in [-0.39, 0.29) is 24.2 Å². The fourth-order valence-corrected chi connectivity index (χ4v) is 2.83. The molecule has 116 valence electrons. The molecule has 0 unspecified atom stereocenters. The molecule has 1 aliphatic rings. The zero-order valence-corrected chi connectivity index (χ0v) is 13.3. The third-order valence-electron chi connectivity index (χ3n) is 3.88. The summed E-state index contributed by atoms with van der Waals surface area (Å²) in [5.74, 6) is -1.09. The van der Waals surface area contributed by atoms with Gasteiger partial charge in [0.15, 0.2) is 5.78 Å². The van der Waals surface area contributed by atoms with Crippen molar-refractivity contribution < 1.29 is 9.59 Å². The molecule has 0 aromatic carbocycles. The maximum Gasteiger partial charge on any atom is 0.223 e. The first-order valence-electron chi connectivity index (χ1n) is 7.38. The predicted molar refractivity (Wildman–Crippen MR) is 79.8 cm³/mol. The number of rotatable bonds is 4. The van der Waals surface area contributed by atoms with Crippen LogP contribution in [0.3, 0.4) is 0 Å². The van der Waals surface area contributed by atoms with Crippen molar-refractivity contribution >= 4 is 11.7 Å². The number of carbonyl (C=O) groups excluding carboxylic acids is 2. The van der Waals surface area contributed by atoms with Crippen LogP contribution in [0.4, 0.5) is 0 Å². The molecule has 1 fully saturated rings. The highest BCUT2D eigenvalue weighted by Crippen LogP contribution is 2.27. The summed E-state index contributed by atoms with van der Waals surface area (Å²) >= 11 is 0. The lowest BCUT2D eigenvalue weighted by Crippen LogP contribution is -2.33. The Morgan fingerprint density at radius 3 is 2.59 bits per heavy atom. The molecular weight excluding hydrogens is 280 g/mol. The van der Waals surface area contributed by atoms with Crippen LogP contribution in [0.5, 0.6) is 0 Å². The van der Waals surface area contributed by atoms with Crippen LogP contribution in [0.2, 0.25) is 0 Å². The molecular formula is C16H20N4O2. The predicted octanol–water partition coefficient (Wildman–Crippen LogP) is 1.53. The van der Waals surface area contributed by atoms with Crippen LogP contribution < -0.4 is 0 Å². The SMILES string of the molecule is Cc1cc([C@H](C#N)C(=O)[C@H]2CC(=O)N(C(C)C)C2)nc(C)n1. The molecule has 0 N–H and O–H groups in total. The molecule has 0 radical (unpaired) electrons. The molecule has 1 aliphatic heterocycles. The summed E-state index contributed by atoms with van der Waals surface area (Å²) in [5.41, 5.74) is 1.15. The van der Waals surface area contributed by atoms with Crippen molar-refractivity contribution in [2.75, 3.05) is 6.54 Å². The standard InChI is InChI=1S/C16H20N4O2/c1-9(2)20-8-12(6-15(20)21)16(22)13(7-17)14-5-10(3)18-11(4)19-14/h5,9,12-13H,6,8H2,1-4H3/t12-,13-/m0/s1. The molecule has 2 rings (SSSR count). The van der Waals surface area contributed by atoms with Gasteiger partial charge in [0.05, 0.1) is 11.8 Å². The summed E-state index contributed by atoms with van der Waals surface area (Å²) in [6.45, 7) is 7.76. The molecule has 0 saturated carbocycles. The van der Waals surface area contributed by atoms with E-state index in [0.717, 1.165) is 5.69 Å². The summed E-state index contributed by atoms with van der Waals surface area (Å²) < 4.78 is 0. The van der Waals surface area contributed by atoms with Crippen molar-refractivity contribution in [3.8, 4) is 6.07 Å². The summed E-state index contributed by atoms with van der Waals surface area (Å²) in [6.07, 6.45) is 0.179. The van der Waals surface area contributed by atoms with Crippen molar-refractivity contribution in [2.45, 2.75) is 46.1 Å². The molecule has 1 aromatic rings. The van der Waals surface area contributed by atoms with E-state index >= 15 is 0 Å². The molecule has 0 bridgehead atoms. The van der Waals surface area contributed by atoms with E-state index in [1.54, 1.807) is 24.8 Å². The van der Waals surface area contributed by atoms with Crippen molar-refractivity contribution in [1.82, 2.24) is 14.9 Å². The fourth-order valence-electron chi connectivity index (χ4n) is 2.83. The van der Waals surface area contributed by atoms with E-state index in [0.29, 0.717) is 18.1 Å². The topological polar surface area (TPSA) is 87.0 Å². The van der Waals surface area contributed by atoms with Crippen LogP contribution in [-0.2, 0) is 9.59 Å². The van der Waals surface area contributed by atoms with Crippen molar-refractivity contribution in [2.24, 2.45) is 5.92 Å². The molecule has 22 heavy (non-hydrogen) atoms. The highest BCUT2D eigenvalue weighted by atomic mass is 16.2. The van der Waals surface area contributed by atoms with E-state index in [4.69, 9.17) is 0 Å². The van der Waals surface area contributed by atoms with E-state index in [1.165, 1.54) is 0 Å². The van der Waals surface area contributed by atoms with Crippen LogP contribution in [0, 0.1) is 31.1 Å². The summed E-state index contributed by atoms with van der Waals surface area (Å²) in [7, 11) is 0. The fraction of sp³-hybridized carbons (Fsp3) is 0.562. The molecule has 6 heteroatoms. The smallest absolute Gasteiger partial charge is 0.223 e. The molecule has 1 aromatic heterocycles. The van der Waals surface area contributed by atoms with Gasteiger partial charge in [0.25, 0.3) is 0 Å². The monoisotopic (exact) mass is 300 g/mol. The van der Waals surface area contributed by atoms with Crippen LogP contribution in [0.25, 0.3) is 0 Å². The number of likely N-dealkylation sites (tertiary alicyclic amines) is 1. The van der Waals surface area contributed by atoms with Gasteiger partial charge in [0.2, 0.25) is 5.91 Å². The Balaban J connectivity index is 2.24. The number of ketones is 1. The second kappa shape index (κ2) is 6.22. The van der Waals surface area contributed by atoms with Crippen molar-refractivity contribution in [3.05, 3.63) is 23.3 Å². The molecule has 2 atom stereocenters. The van der Waals surface area contributed by atoms with Crippen molar-refractivity contribution in [3.63, 3.8) is 0 Å². The number of Topliss-reactive ketones (excluding diaryl/α,β-unsaturated/α-hetero) is 1. The summed E-state index contributed by atoms with van der Waals surface area (Å²) in [5, 5.41) is 9.40. The van der Waals surface area contributed by atoms with Gasteiger partial charge in [-0.3, -0.25) is 9.59 Å². The zero-order chi connectivity index (χ0) is 16.4. The molecule has 0 aliphatic carbocycles. The Labute approximate surface area is 130 Å². The highest BCUT2D eigenvalue weighted by Gasteiger charge is 2.39. The lowest BCUT2D eigenvalue weighted by molar-refractivity contribution is -0.129. The van der Waals surface area contributed by atoms with Crippen LogP contribution in [0.1, 0.15) is 43.4 Å². The average molecular weight is 300 g/mol. The van der Waals surface area contributed by atoms with Gasteiger partial charge in [0, 0.05) is 30.6 Å². The molecule has 1 saturated heterocycles. The lowest BCUT2D eigenvalue weighted by atomic mass is 9.90. The summed E-state index contributed by atoms with van der Waals surface area (Å²) in [6, 6.07) is 3.77. The Hall–Kier alpha value is -2.29. The minimum atomic E-state index is -0.940. The number of carbonyl (C=O) groups is 2. The number of hydrogen-bond acceptors (Lipinski definition) is 5. The van der Waals surface area contributed by atoms with Gasteiger partial charge < -0.3 is 4.90 Å². The number of aromatic nitrogens is 2. The third kappa shape index (κ3) is 3.14. The second-order valence-electron chi connectivity index (χ2n) is 5.99. The van der Waals surface area contributed by atoms with E-state index in [2.05, 4.69) is 9.97 Å². The first kappa shape index (κ1) is 16.1. The van der Waals surface area contributed by atoms with Gasteiger partial charge in [-0.15, -0.1) is 0 Å². The van der Waals surface area contributed by atoms with E-state index in [1.807, 2.05) is 19.9 Å². The van der Waals surface area contributed by atoms with Gasteiger partial charge >= 0.3 is 0 Å². The van der Waals surface area contributed by atoms with Gasteiger partial charge in [-0.25, -0.2) is 9.97 Å². The van der Waals surface area contributed by atoms with Gasteiger partial charge in [-0.05, 0) is 33.8 Å². The zero-order valence-electron chi connectivity index (χ0n) is 13.3. The van der Waals surface area contributed by atoms with Gasteiger partial charge in [0.1, 0.15) is 11.7 Å². The first-order chi connectivity index (χ1) is 10.3. The maximum atomic E-state index is 12.7. The average Bonchev–Trinajstić information content (AvgIpc) is 2.80. The van der Waals surface area contributed by atoms with Crippen LogP contribution in [0.15, 0.2) is 6.07 Å². The normalized spacial score (nSPS) is 19.4. The largest absolute Gasteiger partial charge is 0.340 e. The van der Waals surface area contributed by atoms with Gasteiger partial charge in [-0.2, -0.15) is 5.26 Å². The van der Waals surface area contributed by atoms with Crippen LogP contribution in [-0.4, -0.2) is 39.1 Å². The summed E-state index contributed by atoms with van der Waals surface area (Å²) in [4.78, 5) is 34.7. The Morgan fingerprint density at radius 2 is 2.09 bits per heavy atom. The molecule has 6 nitrogen and oxygen atoms in total. The molecule has 1 amide bonds. The van der Waals surface area contributed by atoms with Gasteiger partial charge in [-0.1, -0.05) is 0 Å². The van der Waals surface area contributed by atoms with E-state index in [9.17, 15) is 14.9 Å². The Morgan fingerprint density at radius 1 is 1.41 bits per heavy atom. The third-order valence-corrected chi connectivity index (χ3v) is 3.88. The minimum Gasteiger partial charge on any atom is -0.340 e. The van der Waals surface area contributed by atoms with Crippen molar-refractivity contribution in [1.29, 1.82) is 5.26 Å². The lowest BCUT2D eigenvalue weighted by Gasteiger charge is -2.21. The maximum absolute atomic E-state index is 12.7. The molecule has 0 spiro atoms. The van der Waals surface area contributed by atoms with Crippen LogP contribution >= 0.6 is 0 Å². The number of amides is 1. The number of nitriles is 1. The quantitative estimate of drug-likeness (QED) is 0.841. The first-order valence-corrected chi connectivity index (χ1v) is 7.38. The number of nitrogens with zero attached hydrogens (tertiary/aromatic N) is 4. The van der Waals surface area contributed by atoms with E-state index < -0.39 is 11.8 Å². The minimum absolute atomic E-state index is 0.0277. The molecule has 2 heterocycles. The highest BCUT2D eigenvalue weighted by molar-refractivity contribution is 5.95. The Kier molecular flexibility index (Phi) is 4.55. The Bertz CT molecular complexity index is 628. The second-order valence-corrected chi connectivity index (χ2v) is 5.99. The number of hydrogen-bond donors (Lipinski definition) is 0.